The van der Waals surface area contributed by atoms with Crippen molar-refractivity contribution in [3.8, 4) is 11.1 Å². The molecule has 0 spiro atoms. The smallest absolute Gasteiger partial charge is 0.282 e. The first-order valence-corrected chi connectivity index (χ1v) is 8.04. The molecule has 1 heterocycles. The van der Waals surface area contributed by atoms with E-state index in [0.29, 0.717) is 21.9 Å². The van der Waals surface area contributed by atoms with Crippen LogP contribution < -0.4 is 0 Å². The van der Waals surface area contributed by atoms with Crippen LogP contribution in [-0.2, 0) is 10.1 Å². The summed E-state index contributed by atoms with van der Waals surface area (Å²) in [5, 5.41) is 0.802. The Morgan fingerprint density at radius 2 is 1.83 bits per heavy atom. The van der Waals surface area contributed by atoms with Crippen LogP contribution in [-0.4, -0.2) is 18.0 Å². The zero-order chi connectivity index (χ0) is 16.6. The fourth-order valence-corrected chi connectivity index (χ4v) is 3.15. The van der Waals surface area contributed by atoms with Gasteiger partial charge in [0, 0.05) is 28.7 Å². The second kappa shape index (κ2) is 5.68. The fraction of sp³-hybridized carbons (Fsp3) is 0.0625. The molecule has 0 atom stereocenters. The van der Waals surface area contributed by atoms with Gasteiger partial charge in [-0.05, 0) is 35.4 Å². The van der Waals surface area contributed by atoms with Crippen LogP contribution in [0.3, 0.4) is 0 Å². The molecule has 0 saturated heterocycles. The maximum Gasteiger partial charge on any atom is 0.295 e. The van der Waals surface area contributed by atoms with Crippen molar-refractivity contribution in [3.05, 3.63) is 60.4 Å². The molecular weight excluding hydrogens is 324 g/mol. The van der Waals surface area contributed by atoms with Crippen molar-refractivity contribution in [2.75, 3.05) is 0 Å². The third-order valence-corrected chi connectivity index (χ3v) is 4.36. The topological polar surface area (TPSA) is 67.3 Å². The van der Waals surface area contributed by atoms with E-state index in [0.717, 1.165) is 0 Å². The van der Waals surface area contributed by atoms with Gasteiger partial charge in [0.2, 0.25) is 0 Å². The molecule has 0 bridgehead atoms. The van der Waals surface area contributed by atoms with E-state index in [2.05, 4.69) is 4.98 Å². The van der Waals surface area contributed by atoms with Crippen LogP contribution in [0.15, 0.2) is 59.8 Å². The summed E-state index contributed by atoms with van der Waals surface area (Å²) < 4.78 is 58.4. The Hall–Kier alpha value is -2.38. The Labute approximate surface area is 131 Å². The van der Waals surface area contributed by atoms with Gasteiger partial charge in [-0.3, -0.25) is 9.54 Å². The molecule has 0 amide bonds. The van der Waals surface area contributed by atoms with Crippen molar-refractivity contribution < 1.29 is 21.8 Å². The maximum atomic E-state index is 12.8. The molecule has 1 N–H and O–H groups in total. The Morgan fingerprint density at radius 1 is 1.04 bits per heavy atom. The SMILES string of the molecule is O=S(=O)(O)c1cc(-c2cccc(C(F)F)c2)cc2cnccc12. The minimum absolute atomic E-state index is 0.165. The van der Waals surface area contributed by atoms with Crippen LogP contribution in [0.4, 0.5) is 8.78 Å². The summed E-state index contributed by atoms with van der Waals surface area (Å²) in [6.07, 6.45) is 0.233. The van der Waals surface area contributed by atoms with Crippen molar-refractivity contribution in [1.29, 1.82) is 0 Å². The molecule has 3 rings (SSSR count). The minimum Gasteiger partial charge on any atom is -0.282 e. The summed E-state index contributed by atoms with van der Waals surface area (Å²) in [7, 11) is -4.46. The maximum absolute atomic E-state index is 12.8. The van der Waals surface area contributed by atoms with Gasteiger partial charge >= 0.3 is 0 Å². The van der Waals surface area contributed by atoms with Gasteiger partial charge in [0.05, 0.1) is 0 Å². The number of nitrogens with zero attached hydrogens (tertiary/aromatic N) is 1. The molecule has 0 aliphatic heterocycles. The number of halogens is 2. The van der Waals surface area contributed by atoms with E-state index < -0.39 is 16.5 Å². The number of fused-ring (bicyclic) bond motifs is 1. The minimum atomic E-state index is -4.46. The number of aromatic nitrogens is 1. The number of pyridine rings is 1. The standard InChI is InChI=1S/C16H11F2NO3S/c17-16(18)11-3-1-2-10(6-11)12-7-13-9-19-5-4-14(13)15(8-12)23(20,21)22/h1-9,16H,(H,20,21,22). The van der Waals surface area contributed by atoms with Crippen LogP contribution >= 0.6 is 0 Å². The van der Waals surface area contributed by atoms with Gasteiger partial charge in [-0.25, -0.2) is 8.78 Å². The van der Waals surface area contributed by atoms with Gasteiger partial charge in [-0.2, -0.15) is 8.42 Å². The molecule has 0 saturated carbocycles. The quantitative estimate of drug-likeness (QED) is 0.732. The van der Waals surface area contributed by atoms with E-state index in [1.54, 1.807) is 12.1 Å². The second-order valence-corrected chi connectivity index (χ2v) is 6.36. The summed E-state index contributed by atoms with van der Waals surface area (Å²) in [4.78, 5) is 3.64. The normalized spacial score (nSPS) is 12.0. The third-order valence-electron chi connectivity index (χ3n) is 3.46. The molecule has 2 aromatic carbocycles. The zero-order valence-electron chi connectivity index (χ0n) is 11.6. The van der Waals surface area contributed by atoms with Gasteiger partial charge in [-0.15, -0.1) is 0 Å². The lowest BCUT2D eigenvalue weighted by Gasteiger charge is -2.09. The Bertz CT molecular complexity index is 988. The van der Waals surface area contributed by atoms with E-state index in [4.69, 9.17) is 0 Å². The van der Waals surface area contributed by atoms with Crippen LogP contribution in [0.5, 0.6) is 0 Å². The monoisotopic (exact) mass is 335 g/mol. The summed E-state index contributed by atoms with van der Waals surface area (Å²) in [6.45, 7) is 0. The molecule has 3 aromatic rings. The average molecular weight is 335 g/mol. The predicted octanol–water partition coefficient (Wildman–Crippen LogP) is 4.09. The van der Waals surface area contributed by atoms with E-state index in [9.17, 15) is 21.8 Å². The van der Waals surface area contributed by atoms with Gasteiger partial charge < -0.3 is 0 Å². The van der Waals surface area contributed by atoms with Crippen LogP contribution in [0.25, 0.3) is 21.9 Å². The Balaban J connectivity index is 2.29. The van der Waals surface area contributed by atoms with Gasteiger partial charge in [-0.1, -0.05) is 18.2 Å². The molecule has 23 heavy (non-hydrogen) atoms. The Morgan fingerprint density at radius 3 is 2.52 bits per heavy atom. The highest BCUT2D eigenvalue weighted by Crippen LogP contribution is 2.31. The molecule has 7 heteroatoms. The lowest BCUT2D eigenvalue weighted by Crippen LogP contribution is -2.00. The lowest BCUT2D eigenvalue weighted by atomic mass is 10.0. The van der Waals surface area contributed by atoms with E-state index in [1.807, 2.05) is 0 Å². The first-order valence-electron chi connectivity index (χ1n) is 6.60. The highest BCUT2D eigenvalue weighted by atomic mass is 32.2. The van der Waals surface area contributed by atoms with Gasteiger partial charge in [0.25, 0.3) is 16.5 Å². The summed E-state index contributed by atoms with van der Waals surface area (Å²) in [6, 6.07) is 10.0. The van der Waals surface area contributed by atoms with Crippen molar-refractivity contribution in [1.82, 2.24) is 4.98 Å². The first kappa shape index (κ1) is 15.5. The Kier molecular flexibility index (Phi) is 3.83. The molecule has 1 aromatic heterocycles. The molecule has 0 aliphatic rings. The number of hydrogen-bond acceptors (Lipinski definition) is 3. The van der Waals surface area contributed by atoms with E-state index >= 15 is 0 Å². The second-order valence-electron chi connectivity index (χ2n) is 4.97. The van der Waals surface area contributed by atoms with Crippen molar-refractivity contribution >= 4 is 20.9 Å². The van der Waals surface area contributed by atoms with E-state index in [-0.39, 0.29) is 10.5 Å². The number of benzene rings is 2. The average Bonchev–Trinajstić information content (AvgIpc) is 2.53. The molecule has 0 unspecified atom stereocenters. The largest absolute Gasteiger partial charge is 0.295 e. The first-order chi connectivity index (χ1) is 10.9. The summed E-state index contributed by atoms with van der Waals surface area (Å²) >= 11 is 0. The molecule has 0 fully saturated rings. The van der Waals surface area contributed by atoms with Crippen molar-refractivity contribution in [2.24, 2.45) is 0 Å². The van der Waals surface area contributed by atoms with E-state index in [1.165, 1.54) is 42.7 Å². The number of alkyl halides is 2. The molecule has 4 nitrogen and oxygen atoms in total. The lowest BCUT2D eigenvalue weighted by molar-refractivity contribution is 0.151. The molecule has 0 radical (unpaired) electrons. The number of hydrogen-bond donors (Lipinski definition) is 1. The highest BCUT2D eigenvalue weighted by molar-refractivity contribution is 7.86. The summed E-state index contributed by atoms with van der Waals surface area (Å²) in [5.41, 5.74) is 0.668. The van der Waals surface area contributed by atoms with Crippen molar-refractivity contribution in [3.63, 3.8) is 0 Å². The van der Waals surface area contributed by atoms with Crippen LogP contribution in [0.1, 0.15) is 12.0 Å². The highest BCUT2D eigenvalue weighted by Gasteiger charge is 2.17. The zero-order valence-corrected chi connectivity index (χ0v) is 12.5. The van der Waals surface area contributed by atoms with Crippen LogP contribution in [0.2, 0.25) is 0 Å². The molecule has 118 valence electrons. The fourth-order valence-electron chi connectivity index (χ4n) is 2.41. The molecular formula is C16H11F2NO3S. The van der Waals surface area contributed by atoms with Gasteiger partial charge in [0.1, 0.15) is 4.90 Å². The predicted molar refractivity (Wildman–Crippen MR) is 82.0 cm³/mol. The van der Waals surface area contributed by atoms with Crippen LogP contribution in [0, 0.1) is 0 Å². The van der Waals surface area contributed by atoms with Gasteiger partial charge in [0.15, 0.2) is 0 Å². The summed E-state index contributed by atoms with van der Waals surface area (Å²) in [5.74, 6) is 0. The number of rotatable bonds is 3. The third kappa shape index (κ3) is 3.06. The van der Waals surface area contributed by atoms with Crippen molar-refractivity contribution in [2.45, 2.75) is 11.3 Å². The molecule has 0 aliphatic carbocycles.